The summed E-state index contributed by atoms with van der Waals surface area (Å²) in [6, 6.07) is 3.85. The molecule has 5 heteroatoms. The van der Waals surface area contributed by atoms with Crippen LogP contribution in [-0.2, 0) is 11.3 Å². The minimum atomic E-state index is 0.101. The van der Waals surface area contributed by atoms with E-state index in [1.807, 2.05) is 17.0 Å². The summed E-state index contributed by atoms with van der Waals surface area (Å²) in [5.74, 6) is 0.836. The molecule has 0 saturated heterocycles. The Kier molecular flexibility index (Phi) is 5.77. The van der Waals surface area contributed by atoms with Gasteiger partial charge >= 0.3 is 0 Å². The predicted octanol–water partition coefficient (Wildman–Crippen LogP) is -0.0146. The largest absolute Gasteiger partial charge is 0.395 e. The van der Waals surface area contributed by atoms with Crippen molar-refractivity contribution in [1.82, 2.24) is 4.98 Å². The number of aromatic nitrogens is 1. The molecule has 0 amide bonds. The molecule has 1 aromatic heterocycles. The number of hydrogen-bond acceptors (Lipinski definition) is 5. The molecular formula is C11H19N3O2. The molecule has 0 saturated carbocycles. The standard InChI is InChI=1S/C11H19N3O2/c1-16-7-5-14(4-6-15)11-3-2-10(8-12)9-13-11/h2-3,9,15H,4-8,12H2,1H3. The van der Waals surface area contributed by atoms with E-state index < -0.39 is 0 Å². The van der Waals surface area contributed by atoms with Crippen LogP contribution in [-0.4, -0.2) is 43.5 Å². The molecule has 0 aliphatic heterocycles. The van der Waals surface area contributed by atoms with E-state index in [4.69, 9.17) is 15.6 Å². The third kappa shape index (κ3) is 3.77. The maximum absolute atomic E-state index is 8.97. The molecule has 0 aliphatic carbocycles. The number of nitrogens with zero attached hydrogens (tertiary/aromatic N) is 2. The topological polar surface area (TPSA) is 71.6 Å². The Morgan fingerprint density at radius 2 is 2.25 bits per heavy atom. The first-order valence-electron chi connectivity index (χ1n) is 5.31. The number of aliphatic hydroxyl groups is 1. The molecule has 16 heavy (non-hydrogen) atoms. The molecule has 5 nitrogen and oxygen atoms in total. The number of aliphatic hydroxyl groups excluding tert-OH is 1. The van der Waals surface area contributed by atoms with Gasteiger partial charge in [-0.2, -0.15) is 0 Å². The zero-order chi connectivity index (χ0) is 11.8. The molecular weight excluding hydrogens is 206 g/mol. The highest BCUT2D eigenvalue weighted by molar-refractivity contribution is 5.39. The number of methoxy groups -OCH3 is 1. The van der Waals surface area contributed by atoms with Crippen LogP contribution in [0.4, 0.5) is 5.82 Å². The molecule has 1 rings (SSSR count). The second kappa shape index (κ2) is 7.16. The molecule has 0 aromatic carbocycles. The van der Waals surface area contributed by atoms with Gasteiger partial charge in [-0.1, -0.05) is 6.07 Å². The molecule has 0 atom stereocenters. The normalized spacial score (nSPS) is 10.4. The van der Waals surface area contributed by atoms with E-state index in [1.54, 1.807) is 13.3 Å². The average molecular weight is 225 g/mol. The lowest BCUT2D eigenvalue weighted by Crippen LogP contribution is -2.30. The molecule has 0 aliphatic rings. The lowest BCUT2D eigenvalue weighted by atomic mass is 10.3. The van der Waals surface area contributed by atoms with Crippen LogP contribution in [0.25, 0.3) is 0 Å². The lowest BCUT2D eigenvalue weighted by Gasteiger charge is -2.22. The van der Waals surface area contributed by atoms with Crippen molar-refractivity contribution < 1.29 is 9.84 Å². The van der Waals surface area contributed by atoms with Crippen LogP contribution in [0, 0.1) is 0 Å². The summed E-state index contributed by atoms with van der Waals surface area (Å²) in [6.45, 7) is 2.47. The van der Waals surface area contributed by atoms with Crippen LogP contribution in [0.3, 0.4) is 0 Å². The van der Waals surface area contributed by atoms with Crippen LogP contribution in [0.5, 0.6) is 0 Å². The summed E-state index contributed by atoms with van der Waals surface area (Å²) in [7, 11) is 1.65. The highest BCUT2D eigenvalue weighted by atomic mass is 16.5. The van der Waals surface area contributed by atoms with E-state index in [9.17, 15) is 0 Å². The summed E-state index contributed by atoms with van der Waals surface area (Å²) < 4.78 is 5.01. The van der Waals surface area contributed by atoms with Crippen molar-refractivity contribution in [2.75, 3.05) is 38.3 Å². The van der Waals surface area contributed by atoms with Crippen molar-refractivity contribution >= 4 is 5.82 Å². The average Bonchev–Trinajstić information content (AvgIpc) is 2.35. The van der Waals surface area contributed by atoms with E-state index in [0.717, 1.165) is 11.4 Å². The number of nitrogens with two attached hydrogens (primary N) is 1. The first kappa shape index (κ1) is 12.9. The Balaban J connectivity index is 2.67. The quantitative estimate of drug-likeness (QED) is 0.682. The van der Waals surface area contributed by atoms with E-state index in [1.165, 1.54) is 0 Å². The van der Waals surface area contributed by atoms with Crippen LogP contribution in [0.1, 0.15) is 5.56 Å². The third-order valence-electron chi connectivity index (χ3n) is 2.30. The van der Waals surface area contributed by atoms with Crippen molar-refractivity contribution in [3.63, 3.8) is 0 Å². The molecule has 3 N–H and O–H groups in total. The Bertz CT molecular complexity index is 290. The van der Waals surface area contributed by atoms with Crippen molar-refractivity contribution in [3.8, 4) is 0 Å². The number of ether oxygens (including phenoxy) is 1. The lowest BCUT2D eigenvalue weighted by molar-refractivity contribution is 0.202. The summed E-state index contributed by atoms with van der Waals surface area (Å²) in [6.07, 6.45) is 1.76. The van der Waals surface area contributed by atoms with Crippen molar-refractivity contribution in [2.24, 2.45) is 5.73 Å². The smallest absolute Gasteiger partial charge is 0.128 e. The minimum absolute atomic E-state index is 0.101. The fourth-order valence-electron chi connectivity index (χ4n) is 1.39. The Hall–Kier alpha value is -1.17. The maximum atomic E-state index is 8.97. The van der Waals surface area contributed by atoms with Crippen molar-refractivity contribution in [2.45, 2.75) is 6.54 Å². The van der Waals surface area contributed by atoms with Gasteiger partial charge in [-0.25, -0.2) is 4.98 Å². The minimum Gasteiger partial charge on any atom is -0.395 e. The van der Waals surface area contributed by atoms with Crippen molar-refractivity contribution in [1.29, 1.82) is 0 Å². The second-order valence-electron chi connectivity index (χ2n) is 3.43. The molecule has 90 valence electrons. The van der Waals surface area contributed by atoms with E-state index in [2.05, 4.69) is 4.98 Å². The zero-order valence-corrected chi connectivity index (χ0v) is 9.59. The van der Waals surface area contributed by atoms with Gasteiger partial charge in [0, 0.05) is 32.9 Å². The van der Waals surface area contributed by atoms with Crippen LogP contribution < -0.4 is 10.6 Å². The Morgan fingerprint density at radius 1 is 1.44 bits per heavy atom. The van der Waals surface area contributed by atoms with Gasteiger partial charge in [0.25, 0.3) is 0 Å². The van der Waals surface area contributed by atoms with Gasteiger partial charge < -0.3 is 20.5 Å². The van der Waals surface area contributed by atoms with Gasteiger partial charge in [0.05, 0.1) is 13.2 Å². The van der Waals surface area contributed by atoms with Gasteiger partial charge in [-0.15, -0.1) is 0 Å². The van der Waals surface area contributed by atoms with E-state index in [-0.39, 0.29) is 6.61 Å². The van der Waals surface area contributed by atoms with Gasteiger partial charge in [0.2, 0.25) is 0 Å². The summed E-state index contributed by atoms with van der Waals surface area (Å²) in [5.41, 5.74) is 6.50. The Morgan fingerprint density at radius 3 is 2.75 bits per heavy atom. The molecule has 1 aromatic rings. The SMILES string of the molecule is COCCN(CCO)c1ccc(CN)cn1. The van der Waals surface area contributed by atoms with Gasteiger partial charge in [0.15, 0.2) is 0 Å². The Labute approximate surface area is 95.8 Å². The predicted molar refractivity (Wildman–Crippen MR) is 63.3 cm³/mol. The first-order valence-corrected chi connectivity index (χ1v) is 5.31. The van der Waals surface area contributed by atoms with E-state index >= 15 is 0 Å². The first-order chi connectivity index (χ1) is 7.81. The monoisotopic (exact) mass is 225 g/mol. The van der Waals surface area contributed by atoms with Crippen LogP contribution in [0.15, 0.2) is 18.3 Å². The van der Waals surface area contributed by atoms with Crippen molar-refractivity contribution in [3.05, 3.63) is 23.9 Å². The molecule has 1 heterocycles. The van der Waals surface area contributed by atoms with Crippen LogP contribution in [0.2, 0.25) is 0 Å². The van der Waals surface area contributed by atoms with Gasteiger partial charge in [-0.05, 0) is 11.6 Å². The zero-order valence-electron chi connectivity index (χ0n) is 9.59. The number of anilines is 1. The fourth-order valence-corrected chi connectivity index (χ4v) is 1.39. The highest BCUT2D eigenvalue weighted by Gasteiger charge is 2.06. The molecule has 0 bridgehead atoms. The van der Waals surface area contributed by atoms with Gasteiger partial charge in [0.1, 0.15) is 5.82 Å². The number of hydrogen-bond donors (Lipinski definition) is 2. The fraction of sp³-hybridized carbons (Fsp3) is 0.545. The maximum Gasteiger partial charge on any atom is 0.128 e. The van der Waals surface area contributed by atoms with Gasteiger partial charge in [-0.3, -0.25) is 0 Å². The summed E-state index contributed by atoms with van der Waals surface area (Å²) in [5, 5.41) is 8.97. The second-order valence-corrected chi connectivity index (χ2v) is 3.43. The summed E-state index contributed by atoms with van der Waals surface area (Å²) >= 11 is 0. The molecule has 0 unspecified atom stereocenters. The summed E-state index contributed by atoms with van der Waals surface area (Å²) in [4.78, 5) is 6.28. The highest BCUT2D eigenvalue weighted by Crippen LogP contribution is 2.10. The molecule has 0 fully saturated rings. The number of rotatable bonds is 7. The molecule has 0 radical (unpaired) electrons. The van der Waals surface area contributed by atoms with E-state index in [0.29, 0.717) is 26.2 Å². The third-order valence-corrected chi connectivity index (χ3v) is 2.30. The van der Waals surface area contributed by atoms with Crippen LogP contribution >= 0.6 is 0 Å². The molecule has 0 spiro atoms. The number of pyridine rings is 1.